The van der Waals surface area contributed by atoms with Crippen LogP contribution < -0.4 is 0 Å². The third-order valence-corrected chi connectivity index (χ3v) is 9.34. The van der Waals surface area contributed by atoms with E-state index in [0.29, 0.717) is 18.4 Å². The molecule has 1 saturated heterocycles. The Kier molecular flexibility index (Phi) is 6.99. The monoisotopic (exact) mass is 424 g/mol. The van der Waals surface area contributed by atoms with E-state index in [1.807, 2.05) is 0 Å². The lowest BCUT2D eigenvalue weighted by molar-refractivity contribution is -0.763. The molecule has 4 aliphatic carbocycles. The number of rotatable bonds is 0. The van der Waals surface area contributed by atoms with E-state index in [2.05, 4.69) is 10.1 Å². The molecule has 6 nitrogen and oxygen atoms in total. The van der Waals surface area contributed by atoms with Crippen molar-refractivity contribution in [2.75, 3.05) is 6.61 Å². The smallest absolute Gasteiger partial charge is 0.119 e. The van der Waals surface area contributed by atoms with Crippen LogP contribution >= 0.6 is 0 Å². The molecular formula is C24H40O6. The van der Waals surface area contributed by atoms with Crippen LogP contribution in [-0.2, 0) is 29.9 Å². The third kappa shape index (κ3) is 3.86. The maximum atomic E-state index is 6.22. The van der Waals surface area contributed by atoms with Gasteiger partial charge in [-0.1, -0.05) is 70.6 Å². The average Bonchev–Trinajstić information content (AvgIpc) is 3.65. The molecule has 6 heteroatoms. The predicted molar refractivity (Wildman–Crippen MR) is 109 cm³/mol. The quantitative estimate of drug-likeness (QED) is 0.411. The standard InChI is InChI=1S/C24H40O6/c1-2-4-6-12-18-25-27-29-30-28-26-24(21-15-9-10-16-22(21)24)23(17-11-5-3-1)19-13-7-8-14-20(19)23/h19-22H,1-18H2. The van der Waals surface area contributed by atoms with Crippen molar-refractivity contribution in [3.8, 4) is 0 Å². The van der Waals surface area contributed by atoms with Gasteiger partial charge in [0.25, 0.3) is 0 Å². The van der Waals surface area contributed by atoms with E-state index in [4.69, 9.17) is 19.9 Å². The van der Waals surface area contributed by atoms with E-state index in [1.54, 1.807) is 0 Å². The van der Waals surface area contributed by atoms with Crippen LogP contribution in [-0.4, -0.2) is 12.2 Å². The zero-order valence-corrected chi connectivity index (χ0v) is 18.5. The molecule has 0 radical (unpaired) electrons. The third-order valence-electron chi connectivity index (χ3n) is 9.34. The molecule has 0 aromatic carbocycles. The van der Waals surface area contributed by atoms with Crippen LogP contribution in [0.4, 0.5) is 0 Å². The predicted octanol–water partition coefficient (Wildman–Crippen LogP) is 6.55. The van der Waals surface area contributed by atoms with E-state index in [9.17, 15) is 0 Å². The van der Waals surface area contributed by atoms with Crippen molar-refractivity contribution in [2.24, 2.45) is 29.1 Å². The summed E-state index contributed by atoms with van der Waals surface area (Å²) in [5.41, 5.74) is 0.105. The molecule has 4 unspecified atom stereocenters. The van der Waals surface area contributed by atoms with Gasteiger partial charge < -0.3 is 0 Å². The molecule has 172 valence electrons. The Morgan fingerprint density at radius 1 is 0.467 bits per heavy atom. The van der Waals surface area contributed by atoms with Crippen LogP contribution in [0.2, 0.25) is 0 Å². The topological polar surface area (TPSA) is 55.4 Å². The van der Waals surface area contributed by atoms with Crippen molar-refractivity contribution in [2.45, 2.75) is 115 Å². The Labute approximate surface area is 180 Å². The minimum absolute atomic E-state index is 0.182. The van der Waals surface area contributed by atoms with Gasteiger partial charge in [0.05, 0.1) is 6.61 Å². The highest BCUT2D eigenvalue weighted by atomic mass is 17.8. The van der Waals surface area contributed by atoms with Crippen LogP contribution in [0.3, 0.4) is 0 Å². The van der Waals surface area contributed by atoms with E-state index < -0.39 is 0 Å². The fraction of sp³-hybridized carbons (Fsp3) is 1.00. The summed E-state index contributed by atoms with van der Waals surface area (Å²) in [7, 11) is 0. The average molecular weight is 425 g/mol. The Hall–Kier alpha value is -0.240. The van der Waals surface area contributed by atoms with Gasteiger partial charge in [-0.25, -0.2) is 4.89 Å². The van der Waals surface area contributed by atoms with E-state index in [-0.39, 0.29) is 11.0 Å². The molecule has 1 heterocycles. The maximum absolute atomic E-state index is 6.22. The van der Waals surface area contributed by atoms with Gasteiger partial charge in [0.1, 0.15) is 5.60 Å². The first-order valence-corrected chi connectivity index (χ1v) is 12.9. The first-order valence-electron chi connectivity index (χ1n) is 12.9. The van der Waals surface area contributed by atoms with Crippen LogP contribution in [0, 0.1) is 29.1 Å². The summed E-state index contributed by atoms with van der Waals surface area (Å²) in [5.74, 6) is 2.85. The molecule has 0 N–H and O–H groups in total. The number of hydrogen-bond acceptors (Lipinski definition) is 6. The largest absolute Gasteiger partial charge is 0.204 e. The lowest BCUT2D eigenvalue weighted by atomic mass is 9.82. The first kappa shape index (κ1) is 21.6. The molecule has 0 aromatic rings. The van der Waals surface area contributed by atoms with E-state index in [0.717, 1.165) is 24.7 Å². The molecule has 2 spiro atoms. The highest BCUT2D eigenvalue weighted by Crippen LogP contribution is 2.83. The van der Waals surface area contributed by atoms with Gasteiger partial charge in [-0.05, 0) is 82.3 Å². The summed E-state index contributed by atoms with van der Waals surface area (Å²) in [6.07, 6.45) is 22.0. The lowest BCUT2D eigenvalue weighted by Gasteiger charge is -2.30. The summed E-state index contributed by atoms with van der Waals surface area (Å²) >= 11 is 0. The van der Waals surface area contributed by atoms with Gasteiger partial charge >= 0.3 is 0 Å². The Morgan fingerprint density at radius 3 is 1.67 bits per heavy atom. The van der Waals surface area contributed by atoms with Crippen molar-refractivity contribution in [1.82, 2.24) is 0 Å². The summed E-state index contributed by atoms with van der Waals surface area (Å²) in [6, 6.07) is 0. The van der Waals surface area contributed by atoms with Gasteiger partial charge in [-0.15, -0.1) is 0 Å². The van der Waals surface area contributed by atoms with E-state index >= 15 is 0 Å². The van der Waals surface area contributed by atoms with Gasteiger partial charge in [0.15, 0.2) is 0 Å². The van der Waals surface area contributed by atoms with E-state index in [1.165, 1.54) is 96.3 Å². The molecule has 5 aliphatic rings. The molecule has 0 aromatic heterocycles. The summed E-state index contributed by atoms with van der Waals surface area (Å²) in [4.78, 5) is 11.2. The molecule has 5 rings (SSSR count). The van der Waals surface area contributed by atoms with Gasteiger partial charge in [0, 0.05) is 5.41 Å². The zero-order chi connectivity index (χ0) is 20.3. The van der Waals surface area contributed by atoms with Crippen molar-refractivity contribution in [1.29, 1.82) is 0 Å². The minimum atomic E-state index is -0.182. The molecule has 1 aliphatic heterocycles. The summed E-state index contributed by atoms with van der Waals surface area (Å²) in [5, 5.41) is 19.2. The van der Waals surface area contributed by atoms with Crippen molar-refractivity contribution in [3.63, 3.8) is 0 Å². The Balaban J connectivity index is 1.30. The molecule has 30 heavy (non-hydrogen) atoms. The Morgan fingerprint density at radius 2 is 1.00 bits per heavy atom. The highest BCUT2D eigenvalue weighted by molar-refractivity contribution is 5.32. The first-order chi connectivity index (χ1) is 14.9. The van der Waals surface area contributed by atoms with Crippen LogP contribution in [0.15, 0.2) is 0 Å². The maximum Gasteiger partial charge on any atom is 0.119 e. The van der Waals surface area contributed by atoms with Crippen LogP contribution in [0.25, 0.3) is 0 Å². The Bertz CT molecular complexity index is 482. The van der Waals surface area contributed by atoms with Crippen LogP contribution in [0.1, 0.15) is 109 Å². The molecule has 5 fully saturated rings. The molecule has 0 amide bonds. The second-order valence-corrected chi connectivity index (χ2v) is 10.6. The van der Waals surface area contributed by atoms with Crippen molar-refractivity contribution in [3.05, 3.63) is 0 Å². The molecule has 4 atom stereocenters. The van der Waals surface area contributed by atoms with Crippen molar-refractivity contribution < 1.29 is 29.9 Å². The summed E-state index contributed by atoms with van der Waals surface area (Å²) < 4.78 is 0. The minimum Gasteiger partial charge on any atom is -0.204 e. The SMILES string of the molecule is C1CCCCCC2(C3CCCCC32)C2(OOOOOOCCCC1)C1CCCCC12. The van der Waals surface area contributed by atoms with Crippen LogP contribution in [0.5, 0.6) is 0 Å². The second-order valence-electron chi connectivity index (χ2n) is 10.6. The molecule has 4 saturated carbocycles. The van der Waals surface area contributed by atoms with Gasteiger partial charge in [-0.2, -0.15) is 4.89 Å². The second kappa shape index (κ2) is 9.72. The highest BCUT2D eigenvalue weighted by Gasteiger charge is 2.86. The zero-order valence-electron chi connectivity index (χ0n) is 18.5. The number of fused-ring (bicyclic) bond motifs is 7. The summed E-state index contributed by atoms with van der Waals surface area (Å²) in [6.45, 7) is 0.491. The number of hydrogen-bond donors (Lipinski definition) is 0. The fourth-order valence-electron chi connectivity index (χ4n) is 8.14. The fourth-order valence-corrected chi connectivity index (χ4v) is 8.14. The normalized spacial score (nSPS) is 46.4. The van der Waals surface area contributed by atoms with Crippen molar-refractivity contribution >= 4 is 0 Å². The van der Waals surface area contributed by atoms with Gasteiger partial charge in [0.2, 0.25) is 0 Å². The lowest BCUT2D eigenvalue weighted by Crippen LogP contribution is -2.35. The molecular weight excluding hydrogens is 384 g/mol. The van der Waals surface area contributed by atoms with Gasteiger partial charge in [-0.3, -0.25) is 0 Å². The molecule has 0 bridgehead atoms.